The van der Waals surface area contributed by atoms with Crippen molar-refractivity contribution >= 4 is 16.8 Å². The SMILES string of the molecule is Cc1[nH]c2ccc(F)cc2c1CC(=O)N1CCN(Cc2ccco2)CC1. The maximum atomic E-state index is 13.6. The third kappa shape index (κ3) is 3.37. The number of rotatable bonds is 4. The van der Waals surface area contributed by atoms with Crippen LogP contribution in [0.4, 0.5) is 4.39 Å². The van der Waals surface area contributed by atoms with E-state index in [9.17, 15) is 9.18 Å². The van der Waals surface area contributed by atoms with Gasteiger partial charge >= 0.3 is 0 Å². The third-order valence-corrected chi connectivity index (χ3v) is 5.09. The summed E-state index contributed by atoms with van der Waals surface area (Å²) in [6, 6.07) is 8.52. The van der Waals surface area contributed by atoms with E-state index in [4.69, 9.17) is 4.42 Å². The number of aromatic amines is 1. The van der Waals surface area contributed by atoms with Gasteiger partial charge in [-0.15, -0.1) is 0 Å². The predicted molar refractivity (Wildman–Crippen MR) is 97.3 cm³/mol. The van der Waals surface area contributed by atoms with Gasteiger partial charge in [-0.1, -0.05) is 0 Å². The predicted octanol–water partition coefficient (Wildman–Crippen LogP) is 3.10. The van der Waals surface area contributed by atoms with Crippen molar-refractivity contribution < 1.29 is 13.6 Å². The van der Waals surface area contributed by atoms with Crippen LogP contribution < -0.4 is 0 Å². The van der Waals surface area contributed by atoms with Crippen molar-refractivity contribution in [2.75, 3.05) is 26.2 Å². The van der Waals surface area contributed by atoms with E-state index in [1.165, 1.54) is 12.1 Å². The zero-order valence-corrected chi connectivity index (χ0v) is 14.8. The Morgan fingerprint density at radius 1 is 1.23 bits per heavy atom. The number of nitrogens with zero attached hydrogens (tertiary/aromatic N) is 2. The molecule has 0 bridgehead atoms. The molecular weight excluding hydrogens is 333 g/mol. The zero-order valence-electron chi connectivity index (χ0n) is 14.8. The fourth-order valence-electron chi connectivity index (χ4n) is 3.62. The van der Waals surface area contributed by atoms with Crippen molar-refractivity contribution in [3.8, 4) is 0 Å². The number of hydrogen-bond donors (Lipinski definition) is 1. The second-order valence-electron chi connectivity index (χ2n) is 6.83. The van der Waals surface area contributed by atoms with Gasteiger partial charge in [0.2, 0.25) is 5.91 Å². The molecule has 1 fully saturated rings. The number of amides is 1. The van der Waals surface area contributed by atoms with Crippen LogP contribution in [-0.4, -0.2) is 46.9 Å². The van der Waals surface area contributed by atoms with Gasteiger partial charge in [-0.3, -0.25) is 9.69 Å². The number of H-pyrrole nitrogens is 1. The number of piperazine rings is 1. The summed E-state index contributed by atoms with van der Waals surface area (Å²) >= 11 is 0. The molecular formula is C20H22FN3O2. The Balaban J connectivity index is 1.40. The maximum absolute atomic E-state index is 13.6. The van der Waals surface area contributed by atoms with Gasteiger partial charge in [-0.25, -0.2) is 4.39 Å². The minimum absolute atomic E-state index is 0.0934. The minimum Gasteiger partial charge on any atom is -0.468 e. The topological polar surface area (TPSA) is 52.5 Å². The summed E-state index contributed by atoms with van der Waals surface area (Å²) in [7, 11) is 0. The second-order valence-corrected chi connectivity index (χ2v) is 6.83. The molecule has 3 heterocycles. The fraction of sp³-hybridized carbons (Fsp3) is 0.350. The van der Waals surface area contributed by atoms with E-state index in [0.29, 0.717) is 19.5 Å². The van der Waals surface area contributed by atoms with E-state index in [1.807, 2.05) is 24.0 Å². The van der Waals surface area contributed by atoms with Gasteiger partial charge in [0.15, 0.2) is 0 Å². The van der Waals surface area contributed by atoms with Gasteiger partial charge in [0, 0.05) is 42.8 Å². The first-order valence-electron chi connectivity index (χ1n) is 8.89. The summed E-state index contributed by atoms with van der Waals surface area (Å²) in [6.07, 6.45) is 1.98. The standard InChI is InChI=1S/C20H22FN3O2/c1-14-17(18-11-15(21)4-5-19(18)22-14)12-20(25)24-8-6-23(7-9-24)13-16-3-2-10-26-16/h2-5,10-11,22H,6-9,12-13H2,1H3. The molecule has 1 amide bonds. The molecule has 5 nitrogen and oxygen atoms in total. The number of aromatic nitrogens is 1. The smallest absolute Gasteiger partial charge is 0.227 e. The molecule has 0 atom stereocenters. The highest BCUT2D eigenvalue weighted by atomic mass is 19.1. The van der Waals surface area contributed by atoms with Gasteiger partial charge < -0.3 is 14.3 Å². The molecule has 1 aliphatic rings. The number of hydrogen-bond acceptors (Lipinski definition) is 3. The molecule has 1 aliphatic heterocycles. The molecule has 1 N–H and O–H groups in total. The minimum atomic E-state index is -0.281. The highest BCUT2D eigenvalue weighted by Gasteiger charge is 2.23. The Kier molecular flexibility index (Phi) is 4.51. The number of carbonyl (C=O) groups is 1. The molecule has 26 heavy (non-hydrogen) atoms. The van der Waals surface area contributed by atoms with Crippen LogP contribution in [0.15, 0.2) is 41.0 Å². The van der Waals surface area contributed by atoms with Crippen molar-refractivity contribution in [3.63, 3.8) is 0 Å². The van der Waals surface area contributed by atoms with Crippen molar-refractivity contribution in [1.29, 1.82) is 0 Å². The van der Waals surface area contributed by atoms with Crippen LogP contribution in [0, 0.1) is 12.7 Å². The van der Waals surface area contributed by atoms with E-state index in [-0.39, 0.29) is 11.7 Å². The summed E-state index contributed by atoms with van der Waals surface area (Å²) in [6.45, 7) is 5.77. The van der Waals surface area contributed by atoms with Crippen LogP contribution in [0.5, 0.6) is 0 Å². The third-order valence-electron chi connectivity index (χ3n) is 5.09. The quantitative estimate of drug-likeness (QED) is 0.782. The van der Waals surface area contributed by atoms with E-state index in [0.717, 1.165) is 47.6 Å². The van der Waals surface area contributed by atoms with Crippen LogP contribution in [0.25, 0.3) is 10.9 Å². The number of fused-ring (bicyclic) bond motifs is 1. The van der Waals surface area contributed by atoms with Gasteiger partial charge in [0.25, 0.3) is 0 Å². The number of carbonyl (C=O) groups excluding carboxylic acids is 1. The van der Waals surface area contributed by atoms with Crippen LogP contribution in [0.3, 0.4) is 0 Å². The lowest BCUT2D eigenvalue weighted by Gasteiger charge is -2.34. The lowest BCUT2D eigenvalue weighted by molar-refractivity contribution is -0.132. The highest BCUT2D eigenvalue weighted by molar-refractivity contribution is 5.90. The number of furan rings is 1. The second kappa shape index (κ2) is 6.96. The summed E-state index contributed by atoms with van der Waals surface area (Å²) in [4.78, 5) is 20.2. The monoisotopic (exact) mass is 355 g/mol. The van der Waals surface area contributed by atoms with E-state index >= 15 is 0 Å². The molecule has 0 radical (unpaired) electrons. The van der Waals surface area contributed by atoms with Crippen LogP contribution in [-0.2, 0) is 17.8 Å². The molecule has 0 saturated carbocycles. The van der Waals surface area contributed by atoms with Crippen LogP contribution in [0.1, 0.15) is 17.0 Å². The van der Waals surface area contributed by atoms with Crippen LogP contribution in [0.2, 0.25) is 0 Å². The molecule has 3 aromatic rings. The van der Waals surface area contributed by atoms with Crippen molar-refractivity contribution in [3.05, 3.63) is 59.4 Å². The first kappa shape index (κ1) is 16.8. The first-order chi connectivity index (χ1) is 12.6. The Hall–Kier alpha value is -2.60. The molecule has 4 rings (SSSR count). The number of benzene rings is 1. The summed E-state index contributed by atoms with van der Waals surface area (Å²) in [5, 5.41) is 0.798. The fourth-order valence-corrected chi connectivity index (χ4v) is 3.62. The summed E-state index contributed by atoms with van der Waals surface area (Å²) < 4.78 is 19.0. The Bertz CT molecular complexity index is 909. The average molecular weight is 355 g/mol. The Morgan fingerprint density at radius 2 is 2.04 bits per heavy atom. The van der Waals surface area contributed by atoms with Gasteiger partial charge in [-0.05, 0) is 42.8 Å². The summed E-state index contributed by atoms with van der Waals surface area (Å²) in [5.41, 5.74) is 2.69. The molecule has 136 valence electrons. The van der Waals surface area contributed by atoms with E-state index in [1.54, 1.807) is 12.3 Å². The Morgan fingerprint density at radius 3 is 2.77 bits per heavy atom. The van der Waals surface area contributed by atoms with Crippen molar-refractivity contribution in [2.24, 2.45) is 0 Å². The van der Waals surface area contributed by atoms with Gasteiger partial charge in [0.05, 0.1) is 19.2 Å². The Labute approximate surface area is 151 Å². The number of halogens is 1. The van der Waals surface area contributed by atoms with Gasteiger partial charge in [-0.2, -0.15) is 0 Å². The number of aryl methyl sites for hydroxylation is 1. The molecule has 1 saturated heterocycles. The lowest BCUT2D eigenvalue weighted by Crippen LogP contribution is -2.48. The molecule has 0 aliphatic carbocycles. The largest absolute Gasteiger partial charge is 0.468 e. The van der Waals surface area contributed by atoms with Gasteiger partial charge in [0.1, 0.15) is 11.6 Å². The maximum Gasteiger partial charge on any atom is 0.227 e. The van der Waals surface area contributed by atoms with Crippen LogP contribution >= 0.6 is 0 Å². The number of nitrogens with one attached hydrogen (secondary N) is 1. The first-order valence-corrected chi connectivity index (χ1v) is 8.89. The molecule has 0 spiro atoms. The highest BCUT2D eigenvalue weighted by Crippen LogP contribution is 2.24. The molecule has 6 heteroatoms. The van der Waals surface area contributed by atoms with E-state index in [2.05, 4.69) is 9.88 Å². The lowest BCUT2D eigenvalue weighted by atomic mass is 10.1. The molecule has 1 aromatic carbocycles. The normalized spacial score (nSPS) is 15.7. The zero-order chi connectivity index (χ0) is 18.1. The van der Waals surface area contributed by atoms with Crippen molar-refractivity contribution in [1.82, 2.24) is 14.8 Å². The summed E-state index contributed by atoms with van der Waals surface area (Å²) in [5.74, 6) is 0.758. The van der Waals surface area contributed by atoms with Crippen molar-refractivity contribution in [2.45, 2.75) is 19.9 Å². The molecule has 0 unspecified atom stereocenters. The average Bonchev–Trinajstić information content (AvgIpc) is 3.24. The van der Waals surface area contributed by atoms with E-state index < -0.39 is 0 Å². The molecule has 2 aromatic heterocycles.